The molecule has 0 saturated heterocycles. The number of benzene rings is 2. The third-order valence-corrected chi connectivity index (χ3v) is 4.53. The lowest BCUT2D eigenvalue weighted by atomic mass is 10.1. The topological polar surface area (TPSA) is 63.2 Å². The summed E-state index contributed by atoms with van der Waals surface area (Å²) in [6, 6.07) is 18.9. The van der Waals surface area contributed by atoms with E-state index in [2.05, 4.69) is 31.7 Å². The van der Waals surface area contributed by atoms with Crippen molar-refractivity contribution in [2.75, 3.05) is 5.32 Å². The standard InChI is InChI=1S/C20H18BrN3O2/c21-18-7-3-1-5-16(18)14-26-24-20(25)17-6-2-4-8-19(17)23-13-15-9-11-22-12-10-15/h1-12,23H,13-14H2,(H,24,25). The van der Waals surface area contributed by atoms with Gasteiger partial charge in [0.15, 0.2) is 0 Å². The number of carbonyl (C=O) groups excluding carboxylic acids is 1. The minimum atomic E-state index is -0.296. The van der Waals surface area contributed by atoms with Crippen molar-refractivity contribution in [3.05, 3.63) is 94.2 Å². The number of pyridine rings is 1. The molecule has 2 aromatic carbocycles. The highest BCUT2D eigenvalue weighted by molar-refractivity contribution is 9.10. The molecule has 1 aromatic heterocycles. The fraction of sp³-hybridized carbons (Fsp3) is 0.100. The Balaban J connectivity index is 1.59. The summed E-state index contributed by atoms with van der Waals surface area (Å²) in [6.45, 7) is 0.879. The molecule has 0 bridgehead atoms. The smallest absolute Gasteiger partial charge is 0.276 e. The molecule has 0 fully saturated rings. The largest absolute Gasteiger partial charge is 0.380 e. The van der Waals surface area contributed by atoms with E-state index >= 15 is 0 Å². The number of nitrogens with zero attached hydrogens (tertiary/aromatic N) is 1. The summed E-state index contributed by atoms with van der Waals surface area (Å²) in [5.74, 6) is -0.296. The summed E-state index contributed by atoms with van der Waals surface area (Å²) in [4.78, 5) is 21.8. The lowest BCUT2D eigenvalue weighted by Crippen LogP contribution is -2.24. The van der Waals surface area contributed by atoms with E-state index < -0.39 is 0 Å². The molecule has 132 valence electrons. The Bertz CT molecular complexity index is 872. The Kier molecular flexibility index (Phi) is 6.35. The number of para-hydroxylation sites is 1. The van der Waals surface area contributed by atoms with E-state index in [1.165, 1.54) is 0 Å². The van der Waals surface area contributed by atoms with Crippen molar-refractivity contribution >= 4 is 27.5 Å². The van der Waals surface area contributed by atoms with Crippen molar-refractivity contribution < 1.29 is 9.63 Å². The third-order valence-electron chi connectivity index (χ3n) is 3.75. The summed E-state index contributed by atoms with van der Waals surface area (Å²) >= 11 is 3.46. The molecule has 0 unspecified atom stereocenters. The number of anilines is 1. The van der Waals surface area contributed by atoms with E-state index in [0.29, 0.717) is 12.1 Å². The molecule has 6 heteroatoms. The van der Waals surface area contributed by atoms with Crippen LogP contribution in [0.25, 0.3) is 0 Å². The second-order valence-corrected chi connectivity index (χ2v) is 6.42. The second-order valence-electron chi connectivity index (χ2n) is 5.57. The summed E-state index contributed by atoms with van der Waals surface area (Å²) in [7, 11) is 0. The molecule has 0 aliphatic heterocycles. The van der Waals surface area contributed by atoms with Crippen LogP contribution < -0.4 is 10.8 Å². The Hall–Kier alpha value is -2.70. The number of amides is 1. The van der Waals surface area contributed by atoms with Crippen molar-refractivity contribution in [2.24, 2.45) is 0 Å². The van der Waals surface area contributed by atoms with Crippen LogP contribution >= 0.6 is 15.9 Å². The average molecular weight is 412 g/mol. The third kappa shape index (κ3) is 4.91. The first-order chi connectivity index (χ1) is 12.7. The first-order valence-corrected chi connectivity index (χ1v) is 8.90. The van der Waals surface area contributed by atoms with Crippen LogP contribution in [0.1, 0.15) is 21.5 Å². The van der Waals surface area contributed by atoms with Gasteiger partial charge >= 0.3 is 0 Å². The molecule has 3 aromatic rings. The number of halogens is 1. The molecule has 5 nitrogen and oxygen atoms in total. The monoisotopic (exact) mass is 411 g/mol. The maximum absolute atomic E-state index is 12.5. The summed E-state index contributed by atoms with van der Waals surface area (Å²) in [5, 5.41) is 3.28. The summed E-state index contributed by atoms with van der Waals surface area (Å²) < 4.78 is 0.939. The summed E-state index contributed by atoms with van der Waals surface area (Å²) in [5.41, 5.74) is 5.81. The molecule has 0 atom stereocenters. The van der Waals surface area contributed by atoms with E-state index in [9.17, 15) is 4.79 Å². The van der Waals surface area contributed by atoms with E-state index in [-0.39, 0.29) is 12.5 Å². The highest BCUT2D eigenvalue weighted by atomic mass is 79.9. The van der Waals surface area contributed by atoms with Crippen molar-refractivity contribution in [1.29, 1.82) is 0 Å². The van der Waals surface area contributed by atoms with Gasteiger partial charge in [-0.1, -0.05) is 46.3 Å². The normalized spacial score (nSPS) is 10.3. The number of hydroxylamine groups is 1. The van der Waals surface area contributed by atoms with Crippen LogP contribution in [0.5, 0.6) is 0 Å². The van der Waals surface area contributed by atoms with Gasteiger partial charge < -0.3 is 5.32 Å². The SMILES string of the molecule is O=C(NOCc1ccccc1Br)c1ccccc1NCc1ccncc1. The van der Waals surface area contributed by atoms with Gasteiger partial charge in [0.2, 0.25) is 0 Å². The first-order valence-electron chi connectivity index (χ1n) is 8.11. The van der Waals surface area contributed by atoms with Crippen LogP contribution in [0.3, 0.4) is 0 Å². The Labute approximate surface area is 160 Å². The Morgan fingerprint density at radius 3 is 2.54 bits per heavy atom. The van der Waals surface area contributed by atoms with Crippen LogP contribution in [0.2, 0.25) is 0 Å². The minimum absolute atomic E-state index is 0.278. The molecule has 1 heterocycles. The van der Waals surface area contributed by atoms with Crippen LogP contribution in [-0.4, -0.2) is 10.9 Å². The predicted molar refractivity (Wildman–Crippen MR) is 104 cm³/mol. The highest BCUT2D eigenvalue weighted by Gasteiger charge is 2.11. The predicted octanol–water partition coefficient (Wildman–Crippen LogP) is 4.32. The molecule has 1 amide bonds. The van der Waals surface area contributed by atoms with Gasteiger partial charge in [0.05, 0.1) is 5.56 Å². The van der Waals surface area contributed by atoms with Crippen molar-refractivity contribution in [3.8, 4) is 0 Å². The number of hydrogen-bond acceptors (Lipinski definition) is 4. The highest BCUT2D eigenvalue weighted by Crippen LogP contribution is 2.18. The summed E-state index contributed by atoms with van der Waals surface area (Å²) in [6.07, 6.45) is 3.48. The molecule has 2 N–H and O–H groups in total. The maximum atomic E-state index is 12.5. The number of hydrogen-bond donors (Lipinski definition) is 2. The number of nitrogens with one attached hydrogen (secondary N) is 2. The van der Waals surface area contributed by atoms with Gasteiger partial charge in [0, 0.05) is 29.1 Å². The fourth-order valence-electron chi connectivity index (χ4n) is 2.38. The van der Waals surface area contributed by atoms with Crippen LogP contribution in [0.15, 0.2) is 77.5 Å². The molecule has 3 rings (SSSR count). The van der Waals surface area contributed by atoms with Crippen LogP contribution in [0.4, 0.5) is 5.69 Å². The van der Waals surface area contributed by atoms with Crippen molar-refractivity contribution in [3.63, 3.8) is 0 Å². The second kappa shape index (κ2) is 9.12. The minimum Gasteiger partial charge on any atom is -0.380 e. The zero-order valence-corrected chi connectivity index (χ0v) is 15.6. The van der Waals surface area contributed by atoms with Gasteiger partial charge in [-0.05, 0) is 41.5 Å². The van der Waals surface area contributed by atoms with Gasteiger partial charge in [-0.25, -0.2) is 5.48 Å². The van der Waals surface area contributed by atoms with Crippen LogP contribution in [-0.2, 0) is 18.0 Å². The first kappa shape index (κ1) is 18.1. The lowest BCUT2D eigenvalue weighted by molar-refractivity contribution is 0.0232. The Morgan fingerprint density at radius 1 is 1.00 bits per heavy atom. The number of rotatable bonds is 7. The van der Waals surface area contributed by atoms with Crippen molar-refractivity contribution in [2.45, 2.75) is 13.2 Å². The average Bonchev–Trinajstić information content (AvgIpc) is 2.69. The fourth-order valence-corrected chi connectivity index (χ4v) is 2.78. The van der Waals surface area contributed by atoms with Crippen molar-refractivity contribution in [1.82, 2.24) is 10.5 Å². The van der Waals surface area contributed by atoms with Gasteiger partial charge in [-0.15, -0.1) is 0 Å². The molecule has 26 heavy (non-hydrogen) atoms. The molecule has 0 saturated carbocycles. The molecule has 0 radical (unpaired) electrons. The van der Waals surface area contributed by atoms with Gasteiger partial charge in [0.25, 0.3) is 5.91 Å². The maximum Gasteiger partial charge on any atom is 0.276 e. The molecular weight excluding hydrogens is 394 g/mol. The van der Waals surface area contributed by atoms with Gasteiger partial charge in [-0.2, -0.15) is 0 Å². The van der Waals surface area contributed by atoms with E-state index in [4.69, 9.17) is 4.84 Å². The number of aromatic nitrogens is 1. The molecular formula is C20H18BrN3O2. The Morgan fingerprint density at radius 2 is 1.73 bits per heavy atom. The molecule has 0 aliphatic carbocycles. The molecule has 0 aliphatic rings. The van der Waals surface area contributed by atoms with E-state index in [1.807, 2.05) is 54.6 Å². The number of carbonyl (C=O) groups is 1. The quantitative estimate of drug-likeness (QED) is 0.568. The van der Waals surface area contributed by atoms with Crippen LogP contribution in [0, 0.1) is 0 Å². The van der Waals surface area contributed by atoms with Gasteiger partial charge in [0.1, 0.15) is 6.61 Å². The van der Waals surface area contributed by atoms with Gasteiger partial charge in [-0.3, -0.25) is 14.6 Å². The van der Waals surface area contributed by atoms with E-state index in [0.717, 1.165) is 21.3 Å². The zero-order valence-electron chi connectivity index (χ0n) is 14.0. The zero-order chi connectivity index (χ0) is 18.2. The lowest BCUT2D eigenvalue weighted by Gasteiger charge is -2.12. The molecule has 0 spiro atoms. The van der Waals surface area contributed by atoms with E-state index in [1.54, 1.807) is 18.5 Å².